The Kier molecular flexibility index (Phi) is 5.84. The number of carbonyl (C=O) groups excluding carboxylic acids is 1. The number of rotatable bonds is 4. The molecule has 1 saturated heterocycles. The summed E-state index contributed by atoms with van der Waals surface area (Å²) >= 11 is 0. The lowest BCUT2D eigenvalue weighted by atomic mass is 9.95. The lowest BCUT2D eigenvalue weighted by Crippen LogP contribution is -2.60. The van der Waals surface area contributed by atoms with Gasteiger partial charge in [0.05, 0.1) is 13.0 Å². The van der Waals surface area contributed by atoms with Gasteiger partial charge in [0, 0.05) is 12.1 Å². The number of carbonyl (C=O) groups is 1. The van der Waals surface area contributed by atoms with E-state index in [0.717, 1.165) is 6.07 Å². The number of ether oxygens (including phenoxy) is 3. The Morgan fingerprint density at radius 1 is 0.938 bits per heavy atom. The van der Waals surface area contributed by atoms with E-state index in [1.807, 2.05) is 0 Å². The molecule has 4 rings (SSSR count). The van der Waals surface area contributed by atoms with Crippen molar-refractivity contribution in [2.24, 2.45) is 0 Å². The van der Waals surface area contributed by atoms with E-state index in [9.17, 15) is 40.5 Å². The second-order valence-corrected chi connectivity index (χ2v) is 7.61. The van der Waals surface area contributed by atoms with Gasteiger partial charge in [0.2, 0.25) is 6.29 Å². The predicted octanol–water partition coefficient (Wildman–Crippen LogP) is -0.311. The van der Waals surface area contributed by atoms with Crippen LogP contribution in [0.3, 0.4) is 0 Å². The normalized spacial score (nSPS) is 29.8. The monoisotopic (exact) mass is 450 g/mol. The van der Waals surface area contributed by atoms with Gasteiger partial charge in [0.25, 0.3) is 0 Å². The van der Waals surface area contributed by atoms with E-state index in [1.54, 1.807) is 0 Å². The average Bonchev–Trinajstić information content (AvgIpc) is 2.75. The molecule has 0 radical (unpaired) electrons. The van der Waals surface area contributed by atoms with Gasteiger partial charge < -0.3 is 50.0 Å². The summed E-state index contributed by atoms with van der Waals surface area (Å²) in [5, 5.41) is 68.8. The summed E-state index contributed by atoms with van der Waals surface area (Å²) in [6.45, 7) is -0.640. The number of phenols is 3. The highest BCUT2D eigenvalue weighted by Gasteiger charge is 2.45. The molecule has 4 unspecified atom stereocenters. The summed E-state index contributed by atoms with van der Waals surface area (Å²) in [6, 6.07) is 6.37. The molecule has 2 aromatic carbocycles. The number of aliphatic hydroxyl groups excluding tert-OH is 4. The first kappa shape index (κ1) is 22.1. The van der Waals surface area contributed by atoms with Gasteiger partial charge in [-0.05, 0) is 17.7 Å². The number of fused-ring (bicyclic) bond motifs is 1. The summed E-state index contributed by atoms with van der Waals surface area (Å²) in [6.07, 6.45) is -8.50. The van der Waals surface area contributed by atoms with E-state index in [2.05, 4.69) is 0 Å². The maximum Gasteiger partial charge on any atom is 0.229 e. The number of Topliss-reactive ketones (excluding diaryl/α,β-unsaturated/α-hetero) is 1. The van der Waals surface area contributed by atoms with Gasteiger partial charge in [-0.3, -0.25) is 4.79 Å². The number of ketones is 1. The average molecular weight is 450 g/mol. The fourth-order valence-electron chi connectivity index (χ4n) is 3.71. The van der Waals surface area contributed by atoms with Crippen molar-refractivity contribution in [3.8, 4) is 28.7 Å². The molecule has 0 bridgehead atoms. The molecule has 0 aliphatic carbocycles. The standard InChI is InChI=1S/C21H22O11/c22-7-16-18(27)19(28)20(29)21(32-16)30-9-4-12(25)17-13(26)6-14(31-15(17)5-9)8-1-2-10(23)11(24)3-8/h1-5,14,16,18-25,27-29H,6-7H2/t14?,16?,18-,19?,20?,21-/m1/s1. The van der Waals surface area contributed by atoms with E-state index in [4.69, 9.17) is 14.2 Å². The van der Waals surface area contributed by atoms with Crippen LogP contribution >= 0.6 is 0 Å². The molecular formula is C21H22O11. The van der Waals surface area contributed by atoms with Crippen LogP contribution in [0.1, 0.15) is 28.4 Å². The molecule has 0 spiro atoms. The van der Waals surface area contributed by atoms with E-state index in [-0.39, 0.29) is 35.0 Å². The maximum absolute atomic E-state index is 12.6. The number of aromatic hydroxyl groups is 3. The molecule has 2 heterocycles. The van der Waals surface area contributed by atoms with Crippen molar-refractivity contribution in [1.29, 1.82) is 0 Å². The largest absolute Gasteiger partial charge is 0.507 e. The summed E-state index contributed by atoms with van der Waals surface area (Å²) in [5.74, 6) is -1.69. The smallest absolute Gasteiger partial charge is 0.229 e. The molecule has 2 aromatic rings. The Labute approximate surface area is 181 Å². The third-order valence-electron chi connectivity index (χ3n) is 5.45. The van der Waals surface area contributed by atoms with E-state index >= 15 is 0 Å². The van der Waals surface area contributed by atoms with Gasteiger partial charge >= 0.3 is 0 Å². The van der Waals surface area contributed by atoms with Crippen LogP contribution in [0.25, 0.3) is 0 Å². The van der Waals surface area contributed by atoms with Gasteiger partial charge in [0.15, 0.2) is 17.3 Å². The Morgan fingerprint density at radius 3 is 2.38 bits per heavy atom. The van der Waals surface area contributed by atoms with Crippen molar-refractivity contribution in [2.75, 3.05) is 6.61 Å². The third kappa shape index (κ3) is 3.92. The minimum atomic E-state index is -1.67. The predicted molar refractivity (Wildman–Crippen MR) is 105 cm³/mol. The Hall–Kier alpha value is -3.09. The Bertz CT molecular complexity index is 1020. The Balaban J connectivity index is 1.60. The maximum atomic E-state index is 12.6. The molecule has 0 aromatic heterocycles. The van der Waals surface area contributed by atoms with Gasteiger partial charge in [-0.15, -0.1) is 0 Å². The minimum Gasteiger partial charge on any atom is -0.507 e. The highest BCUT2D eigenvalue weighted by molar-refractivity contribution is 6.02. The van der Waals surface area contributed by atoms with Crippen molar-refractivity contribution >= 4 is 5.78 Å². The highest BCUT2D eigenvalue weighted by atomic mass is 16.7. The molecule has 172 valence electrons. The van der Waals surface area contributed by atoms with Crippen LogP contribution in [0.15, 0.2) is 30.3 Å². The van der Waals surface area contributed by atoms with Gasteiger partial charge in [-0.25, -0.2) is 0 Å². The van der Waals surface area contributed by atoms with Crippen LogP contribution in [-0.2, 0) is 4.74 Å². The summed E-state index contributed by atoms with van der Waals surface area (Å²) < 4.78 is 16.6. The molecule has 0 saturated carbocycles. The summed E-state index contributed by atoms with van der Waals surface area (Å²) in [5.41, 5.74) is 0.337. The van der Waals surface area contributed by atoms with Crippen LogP contribution in [0, 0.1) is 0 Å². The van der Waals surface area contributed by atoms with Crippen molar-refractivity contribution in [2.45, 2.75) is 43.2 Å². The number of hydrogen-bond acceptors (Lipinski definition) is 11. The second-order valence-electron chi connectivity index (χ2n) is 7.61. The molecule has 6 atom stereocenters. The quantitative estimate of drug-likeness (QED) is 0.303. The number of benzene rings is 2. The summed E-state index contributed by atoms with van der Waals surface area (Å²) in [7, 11) is 0. The van der Waals surface area contributed by atoms with Gasteiger partial charge in [-0.2, -0.15) is 0 Å². The lowest BCUT2D eigenvalue weighted by molar-refractivity contribution is -0.277. The number of hydrogen-bond donors (Lipinski definition) is 7. The van der Waals surface area contributed by atoms with Crippen LogP contribution in [0.5, 0.6) is 28.7 Å². The van der Waals surface area contributed by atoms with Gasteiger partial charge in [-0.1, -0.05) is 6.07 Å². The molecule has 2 aliphatic heterocycles. The zero-order valence-electron chi connectivity index (χ0n) is 16.5. The molecule has 11 nitrogen and oxygen atoms in total. The highest BCUT2D eigenvalue weighted by Crippen LogP contribution is 2.43. The summed E-state index contributed by atoms with van der Waals surface area (Å²) in [4.78, 5) is 12.6. The molecule has 7 N–H and O–H groups in total. The topological polar surface area (TPSA) is 186 Å². The molecule has 1 fully saturated rings. The first-order chi connectivity index (χ1) is 15.2. The zero-order chi connectivity index (χ0) is 23.2. The minimum absolute atomic E-state index is 0.0293. The first-order valence-electron chi connectivity index (χ1n) is 9.75. The van der Waals surface area contributed by atoms with E-state index < -0.39 is 54.9 Å². The fourth-order valence-corrected chi connectivity index (χ4v) is 3.71. The van der Waals surface area contributed by atoms with Crippen molar-refractivity contribution in [3.05, 3.63) is 41.5 Å². The molecule has 2 aliphatic rings. The number of phenolic OH excluding ortho intramolecular Hbond substituents is 3. The number of aliphatic hydroxyl groups is 4. The molecule has 32 heavy (non-hydrogen) atoms. The van der Waals surface area contributed by atoms with Crippen LogP contribution in [0.4, 0.5) is 0 Å². The van der Waals surface area contributed by atoms with E-state index in [1.165, 1.54) is 24.3 Å². The van der Waals surface area contributed by atoms with Gasteiger partial charge in [0.1, 0.15) is 53.3 Å². The van der Waals surface area contributed by atoms with E-state index in [0.29, 0.717) is 5.56 Å². The molecule has 11 heteroatoms. The van der Waals surface area contributed by atoms with Crippen molar-refractivity contribution in [1.82, 2.24) is 0 Å². The lowest BCUT2D eigenvalue weighted by Gasteiger charge is -2.39. The third-order valence-corrected chi connectivity index (χ3v) is 5.45. The van der Waals surface area contributed by atoms with Crippen LogP contribution < -0.4 is 9.47 Å². The van der Waals surface area contributed by atoms with Crippen LogP contribution in [-0.4, -0.2) is 78.8 Å². The second kappa shape index (κ2) is 8.45. The van der Waals surface area contributed by atoms with Crippen LogP contribution in [0.2, 0.25) is 0 Å². The Morgan fingerprint density at radius 2 is 1.69 bits per heavy atom. The molecule has 0 amide bonds. The van der Waals surface area contributed by atoms with Crippen molar-refractivity contribution in [3.63, 3.8) is 0 Å². The fraction of sp³-hybridized carbons (Fsp3) is 0.381. The zero-order valence-corrected chi connectivity index (χ0v) is 16.5. The van der Waals surface area contributed by atoms with Crippen molar-refractivity contribution < 1.29 is 54.8 Å². The SMILES string of the molecule is O=C1CC(c2ccc(O)c(O)c2)Oc2cc(O[C@@H]3OC(CO)[C@@H](O)C(O)C3O)cc(O)c21. The molecular weight excluding hydrogens is 428 g/mol. The first-order valence-corrected chi connectivity index (χ1v) is 9.75.